The molecule has 0 atom stereocenters. The van der Waals surface area contributed by atoms with Crippen LogP contribution in [0.1, 0.15) is 16.8 Å². The molecule has 0 aliphatic carbocycles. The molecule has 1 saturated heterocycles. The minimum Gasteiger partial charge on any atom is -0.352 e. The first kappa shape index (κ1) is 18.9. The number of nitrogens with one attached hydrogen (secondary N) is 1. The zero-order chi connectivity index (χ0) is 18.4. The molecule has 26 heavy (non-hydrogen) atoms. The predicted molar refractivity (Wildman–Crippen MR) is 104 cm³/mol. The molecule has 1 fully saturated rings. The van der Waals surface area contributed by atoms with Crippen LogP contribution in [-0.4, -0.2) is 60.0 Å². The number of aromatic nitrogens is 2. The van der Waals surface area contributed by atoms with Gasteiger partial charge in [0, 0.05) is 50.7 Å². The van der Waals surface area contributed by atoms with Crippen LogP contribution in [-0.2, 0) is 0 Å². The summed E-state index contributed by atoms with van der Waals surface area (Å²) in [6.45, 7) is 5.35. The third-order valence-electron chi connectivity index (χ3n) is 4.33. The molecule has 0 bridgehead atoms. The van der Waals surface area contributed by atoms with Gasteiger partial charge in [-0.2, -0.15) is 0 Å². The van der Waals surface area contributed by atoms with E-state index in [1.54, 1.807) is 30.6 Å². The average Bonchev–Trinajstić information content (AvgIpc) is 2.68. The van der Waals surface area contributed by atoms with Crippen LogP contribution >= 0.6 is 23.2 Å². The van der Waals surface area contributed by atoms with Gasteiger partial charge in [0.1, 0.15) is 0 Å². The zero-order valence-corrected chi connectivity index (χ0v) is 15.9. The standard InChI is InChI=1S/C18H21Cl2N5O/c19-15-4-3-14(13-16(15)20)17(26)21-7-2-8-24-9-11-25(12-10-24)18-22-5-1-6-23-18/h1,3-6,13H,2,7-12H2,(H,21,26). The van der Waals surface area contributed by atoms with Gasteiger partial charge in [0.05, 0.1) is 10.0 Å². The van der Waals surface area contributed by atoms with Crippen molar-refractivity contribution in [2.45, 2.75) is 6.42 Å². The molecular weight excluding hydrogens is 373 g/mol. The molecule has 2 heterocycles. The number of halogens is 2. The van der Waals surface area contributed by atoms with Gasteiger partial charge in [-0.1, -0.05) is 23.2 Å². The summed E-state index contributed by atoms with van der Waals surface area (Å²) in [6.07, 6.45) is 4.44. The molecule has 0 radical (unpaired) electrons. The van der Waals surface area contributed by atoms with Crippen molar-refractivity contribution in [2.75, 3.05) is 44.2 Å². The van der Waals surface area contributed by atoms with Crippen molar-refractivity contribution in [3.05, 3.63) is 52.3 Å². The summed E-state index contributed by atoms with van der Waals surface area (Å²) in [5.74, 6) is 0.663. The minimum absolute atomic E-state index is 0.130. The van der Waals surface area contributed by atoms with Gasteiger partial charge >= 0.3 is 0 Å². The summed E-state index contributed by atoms with van der Waals surface area (Å²) in [4.78, 5) is 25.3. The monoisotopic (exact) mass is 393 g/mol. The molecule has 0 saturated carbocycles. The molecule has 0 unspecified atom stereocenters. The van der Waals surface area contributed by atoms with Crippen LogP contribution in [0, 0.1) is 0 Å². The van der Waals surface area contributed by atoms with Gasteiger partial charge in [0.25, 0.3) is 5.91 Å². The van der Waals surface area contributed by atoms with Crippen LogP contribution in [0.15, 0.2) is 36.7 Å². The highest BCUT2D eigenvalue weighted by molar-refractivity contribution is 6.42. The molecule has 8 heteroatoms. The largest absolute Gasteiger partial charge is 0.352 e. The molecule has 1 aliphatic heterocycles. The second-order valence-corrected chi connectivity index (χ2v) is 6.93. The third-order valence-corrected chi connectivity index (χ3v) is 5.06. The molecule has 1 aliphatic rings. The van der Waals surface area contributed by atoms with E-state index in [0.717, 1.165) is 45.1 Å². The van der Waals surface area contributed by atoms with E-state index in [-0.39, 0.29) is 5.91 Å². The van der Waals surface area contributed by atoms with Crippen LogP contribution in [0.3, 0.4) is 0 Å². The van der Waals surface area contributed by atoms with Crippen molar-refractivity contribution in [3.63, 3.8) is 0 Å². The van der Waals surface area contributed by atoms with Crippen LogP contribution in [0.4, 0.5) is 5.95 Å². The van der Waals surface area contributed by atoms with Gasteiger partial charge in [-0.05, 0) is 37.2 Å². The van der Waals surface area contributed by atoms with Crippen molar-refractivity contribution in [1.29, 1.82) is 0 Å². The molecule has 1 amide bonds. The third kappa shape index (κ3) is 5.06. The summed E-state index contributed by atoms with van der Waals surface area (Å²) in [6, 6.07) is 6.72. The molecule has 2 aromatic rings. The number of carbonyl (C=O) groups is 1. The number of anilines is 1. The highest BCUT2D eigenvalue weighted by atomic mass is 35.5. The van der Waals surface area contributed by atoms with Gasteiger partial charge in [0.15, 0.2) is 0 Å². The Morgan fingerprint density at radius 1 is 1.08 bits per heavy atom. The van der Waals surface area contributed by atoms with E-state index in [1.165, 1.54) is 0 Å². The number of nitrogens with zero attached hydrogens (tertiary/aromatic N) is 4. The molecule has 0 spiro atoms. The molecule has 138 valence electrons. The quantitative estimate of drug-likeness (QED) is 0.764. The Balaban J connectivity index is 1.35. The van der Waals surface area contributed by atoms with Gasteiger partial charge in [-0.15, -0.1) is 0 Å². The van der Waals surface area contributed by atoms with Gasteiger partial charge in [0.2, 0.25) is 5.95 Å². The fourth-order valence-corrected chi connectivity index (χ4v) is 3.17. The molecule has 1 N–H and O–H groups in total. The van der Waals surface area contributed by atoms with E-state index < -0.39 is 0 Å². The Kier molecular flexibility index (Phi) is 6.66. The number of rotatable bonds is 6. The summed E-state index contributed by atoms with van der Waals surface area (Å²) in [5.41, 5.74) is 0.524. The van der Waals surface area contributed by atoms with E-state index in [9.17, 15) is 4.79 Å². The predicted octanol–water partition coefficient (Wildman–Crippen LogP) is 2.73. The Morgan fingerprint density at radius 3 is 2.50 bits per heavy atom. The maximum Gasteiger partial charge on any atom is 0.251 e. The molecular formula is C18H21Cl2N5O. The fraction of sp³-hybridized carbons (Fsp3) is 0.389. The first-order valence-electron chi connectivity index (χ1n) is 8.61. The zero-order valence-electron chi connectivity index (χ0n) is 14.4. The molecule has 3 rings (SSSR count). The Bertz CT molecular complexity index is 736. The van der Waals surface area contributed by atoms with Gasteiger partial charge in [-0.25, -0.2) is 9.97 Å². The molecule has 1 aromatic heterocycles. The summed E-state index contributed by atoms with van der Waals surface area (Å²) >= 11 is 11.8. The van der Waals surface area contributed by atoms with E-state index >= 15 is 0 Å². The summed E-state index contributed by atoms with van der Waals surface area (Å²) < 4.78 is 0. The second kappa shape index (κ2) is 9.16. The summed E-state index contributed by atoms with van der Waals surface area (Å²) in [7, 11) is 0. The normalized spacial score (nSPS) is 15.1. The lowest BCUT2D eigenvalue weighted by molar-refractivity contribution is 0.0951. The smallest absolute Gasteiger partial charge is 0.251 e. The van der Waals surface area contributed by atoms with Crippen molar-refractivity contribution in [1.82, 2.24) is 20.2 Å². The number of hydrogen-bond donors (Lipinski definition) is 1. The van der Waals surface area contributed by atoms with Crippen molar-refractivity contribution < 1.29 is 4.79 Å². The van der Waals surface area contributed by atoms with Crippen LogP contribution in [0.2, 0.25) is 10.0 Å². The average molecular weight is 394 g/mol. The second-order valence-electron chi connectivity index (χ2n) is 6.12. The Morgan fingerprint density at radius 2 is 1.81 bits per heavy atom. The first-order chi connectivity index (χ1) is 12.6. The van der Waals surface area contributed by atoms with E-state index in [2.05, 4.69) is 25.1 Å². The van der Waals surface area contributed by atoms with Gasteiger partial charge in [-0.3, -0.25) is 9.69 Å². The number of carbonyl (C=O) groups excluding carboxylic acids is 1. The van der Waals surface area contributed by atoms with Crippen molar-refractivity contribution in [2.24, 2.45) is 0 Å². The van der Waals surface area contributed by atoms with E-state index in [0.29, 0.717) is 22.2 Å². The Labute approximate surface area is 163 Å². The van der Waals surface area contributed by atoms with Crippen LogP contribution in [0.5, 0.6) is 0 Å². The lowest BCUT2D eigenvalue weighted by Gasteiger charge is -2.34. The van der Waals surface area contributed by atoms with Crippen molar-refractivity contribution >= 4 is 35.1 Å². The maximum absolute atomic E-state index is 12.1. The number of benzene rings is 1. The lowest BCUT2D eigenvalue weighted by atomic mass is 10.2. The SMILES string of the molecule is O=C(NCCCN1CCN(c2ncccn2)CC1)c1ccc(Cl)c(Cl)c1. The van der Waals surface area contributed by atoms with Crippen LogP contribution < -0.4 is 10.2 Å². The minimum atomic E-state index is -0.130. The number of piperazine rings is 1. The van der Waals surface area contributed by atoms with E-state index in [1.807, 2.05) is 6.07 Å². The topological polar surface area (TPSA) is 61.4 Å². The van der Waals surface area contributed by atoms with Crippen LogP contribution in [0.25, 0.3) is 0 Å². The Hall–Kier alpha value is -1.89. The lowest BCUT2D eigenvalue weighted by Crippen LogP contribution is -2.47. The summed E-state index contributed by atoms with van der Waals surface area (Å²) in [5, 5.41) is 3.76. The highest BCUT2D eigenvalue weighted by Crippen LogP contribution is 2.22. The molecule has 1 aromatic carbocycles. The maximum atomic E-state index is 12.1. The van der Waals surface area contributed by atoms with Gasteiger partial charge < -0.3 is 10.2 Å². The highest BCUT2D eigenvalue weighted by Gasteiger charge is 2.18. The van der Waals surface area contributed by atoms with E-state index in [4.69, 9.17) is 23.2 Å². The molecule has 6 nitrogen and oxygen atoms in total. The first-order valence-corrected chi connectivity index (χ1v) is 9.36. The number of hydrogen-bond acceptors (Lipinski definition) is 5. The van der Waals surface area contributed by atoms with Crippen molar-refractivity contribution in [3.8, 4) is 0 Å². The number of amides is 1. The fourth-order valence-electron chi connectivity index (χ4n) is 2.87.